The van der Waals surface area contributed by atoms with Crippen LogP contribution in [0, 0.1) is 12.8 Å². The maximum atomic E-state index is 12.5. The van der Waals surface area contributed by atoms with Gasteiger partial charge in [-0.1, -0.05) is 20.3 Å². The van der Waals surface area contributed by atoms with Gasteiger partial charge in [-0.15, -0.1) is 24.8 Å². The van der Waals surface area contributed by atoms with Crippen LogP contribution in [0.15, 0.2) is 12.4 Å². The fourth-order valence-corrected chi connectivity index (χ4v) is 3.00. The van der Waals surface area contributed by atoms with E-state index in [2.05, 4.69) is 26.9 Å². The molecule has 1 saturated heterocycles. The summed E-state index contributed by atoms with van der Waals surface area (Å²) in [4.78, 5) is 25.1. The van der Waals surface area contributed by atoms with Gasteiger partial charge in [0.1, 0.15) is 12.1 Å². The summed E-state index contributed by atoms with van der Waals surface area (Å²) in [5, 5.41) is 4.25. The quantitative estimate of drug-likeness (QED) is 0.826. The van der Waals surface area contributed by atoms with Crippen molar-refractivity contribution in [2.24, 2.45) is 11.7 Å². The molecule has 1 aliphatic heterocycles. The Morgan fingerprint density at radius 3 is 2.54 bits per heavy atom. The zero-order valence-electron chi connectivity index (χ0n) is 15.3. The summed E-state index contributed by atoms with van der Waals surface area (Å²) in [5.41, 5.74) is 7.00. The van der Waals surface area contributed by atoms with Crippen LogP contribution in [0.25, 0.3) is 5.78 Å². The molecule has 0 aromatic carbocycles. The van der Waals surface area contributed by atoms with Crippen LogP contribution in [0.4, 0.5) is 5.82 Å². The van der Waals surface area contributed by atoms with Gasteiger partial charge in [0, 0.05) is 37.9 Å². The third-order valence-corrected chi connectivity index (χ3v) is 4.82. The fraction of sp³-hybridized carbons (Fsp3) is 0.625. The zero-order chi connectivity index (χ0) is 17.3. The number of hydrogen-bond acceptors (Lipinski definition) is 6. The number of nitrogens with zero attached hydrogens (tertiary/aromatic N) is 6. The normalized spacial score (nSPS) is 16.6. The highest BCUT2D eigenvalue weighted by molar-refractivity contribution is 5.85. The Labute approximate surface area is 166 Å². The number of piperazine rings is 1. The molecule has 0 bridgehead atoms. The summed E-state index contributed by atoms with van der Waals surface area (Å²) in [7, 11) is 0. The summed E-state index contributed by atoms with van der Waals surface area (Å²) in [6.07, 6.45) is 2.42. The summed E-state index contributed by atoms with van der Waals surface area (Å²) in [6.45, 7) is 8.86. The minimum absolute atomic E-state index is 0. The predicted molar refractivity (Wildman–Crippen MR) is 106 cm³/mol. The van der Waals surface area contributed by atoms with Gasteiger partial charge in [0.25, 0.3) is 5.78 Å². The molecule has 2 N–H and O–H groups in total. The first-order chi connectivity index (χ1) is 11.5. The lowest BCUT2D eigenvalue weighted by atomic mass is 9.98. The standard InChI is InChI=1S/C16H25N7O.2ClH/c1-4-11(2)14(17)15(24)22-7-5-21(6-8-22)13-9-12(3)20-16-18-10-19-23(13)16;;/h9-11,14H,4-8,17H2,1-3H3;2*1H. The Kier molecular flexibility index (Phi) is 8.05. The van der Waals surface area contributed by atoms with Crippen molar-refractivity contribution in [2.45, 2.75) is 33.2 Å². The first-order valence-corrected chi connectivity index (χ1v) is 8.48. The molecule has 2 atom stereocenters. The molecule has 1 fully saturated rings. The van der Waals surface area contributed by atoms with Crippen molar-refractivity contribution in [3.8, 4) is 0 Å². The van der Waals surface area contributed by atoms with Crippen LogP contribution in [0.2, 0.25) is 0 Å². The molecule has 0 saturated carbocycles. The smallest absolute Gasteiger partial charge is 0.254 e. The number of halogens is 2. The highest BCUT2D eigenvalue weighted by Crippen LogP contribution is 2.18. The van der Waals surface area contributed by atoms with Gasteiger partial charge in [0.15, 0.2) is 0 Å². The van der Waals surface area contributed by atoms with Crippen LogP contribution < -0.4 is 10.6 Å². The average molecular weight is 404 g/mol. The number of hydrogen-bond donors (Lipinski definition) is 1. The van der Waals surface area contributed by atoms with Crippen molar-refractivity contribution in [3.05, 3.63) is 18.1 Å². The number of nitrogens with two attached hydrogens (primary N) is 1. The molecule has 146 valence electrons. The largest absolute Gasteiger partial charge is 0.353 e. The molecule has 2 aromatic heterocycles. The van der Waals surface area contributed by atoms with Crippen LogP contribution >= 0.6 is 24.8 Å². The molecular formula is C16H27Cl2N7O. The fourth-order valence-electron chi connectivity index (χ4n) is 3.00. The maximum Gasteiger partial charge on any atom is 0.254 e. The van der Waals surface area contributed by atoms with Crippen molar-refractivity contribution >= 4 is 42.3 Å². The van der Waals surface area contributed by atoms with E-state index in [1.165, 1.54) is 6.33 Å². The van der Waals surface area contributed by atoms with Gasteiger partial charge in [-0.2, -0.15) is 14.6 Å². The molecule has 8 nitrogen and oxygen atoms in total. The van der Waals surface area contributed by atoms with Crippen LogP contribution in [0.3, 0.4) is 0 Å². The van der Waals surface area contributed by atoms with E-state index in [1.807, 2.05) is 24.8 Å². The van der Waals surface area contributed by atoms with Crippen molar-refractivity contribution in [2.75, 3.05) is 31.1 Å². The first kappa shape index (κ1) is 22.4. The van der Waals surface area contributed by atoms with E-state index in [9.17, 15) is 4.79 Å². The maximum absolute atomic E-state index is 12.5. The van der Waals surface area contributed by atoms with Crippen molar-refractivity contribution < 1.29 is 4.79 Å². The number of carbonyl (C=O) groups is 1. The van der Waals surface area contributed by atoms with Crippen molar-refractivity contribution in [1.82, 2.24) is 24.5 Å². The molecule has 1 amide bonds. The van der Waals surface area contributed by atoms with Gasteiger partial charge in [-0.25, -0.2) is 4.98 Å². The van der Waals surface area contributed by atoms with Gasteiger partial charge in [0.2, 0.25) is 5.91 Å². The van der Waals surface area contributed by atoms with E-state index in [0.29, 0.717) is 18.9 Å². The lowest BCUT2D eigenvalue weighted by Crippen LogP contribution is -2.54. The number of anilines is 1. The van der Waals surface area contributed by atoms with Gasteiger partial charge >= 0.3 is 0 Å². The third kappa shape index (κ3) is 4.36. The topological polar surface area (TPSA) is 92.7 Å². The van der Waals surface area contributed by atoms with Gasteiger partial charge < -0.3 is 15.5 Å². The second-order valence-corrected chi connectivity index (χ2v) is 6.45. The lowest BCUT2D eigenvalue weighted by molar-refractivity contribution is -0.134. The SMILES string of the molecule is CCC(C)C(N)C(=O)N1CCN(c2cc(C)nc3ncnn23)CC1.Cl.Cl. The zero-order valence-corrected chi connectivity index (χ0v) is 17.0. The molecular weight excluding hydrogens is 377 g/mol. The van der Waals surface area contributed by atoms with Crippen LogP contribution in [0.5, 0.6) is 0 Å². The first-order valence-electron chi connectivity index (χ1n) is 8.48. The summed E-state index contributed by atoms with van der Waals surface area (Å²) in [5.74, 6) is 1.82. The van der Waals surface area contributed by atoms with Crippen LogP contribution in [-0.4, -0.2) is 62.6 Å². The van der Waals surface area contributed by atoms with Gasteiger partial charge in [-0.05, 0) is 12.8 Å². The molecule has 10 heteroatoms. The van der Waals surface area contributed by atoms with Gasteiger partial charge in [-0.3, -0.25) is 4.79 Å². The number of aromatic nitrogens is 4. The van der Waals surface area contributed by atoms with E-state index in [4.69, 9.17) is 5.73 Å². The van der Waals surface area contributed by atoms with E-state index in [1.54, 1.807) is 4.52 Å². The highest BCUT2D eigenvalue weighted by Gasteiger charge is 2.28. The minimum Gasteiger partial charge on any atom is -0.353 e. The molecule has 26 heavy (non-hydrogen) atoms. The molecule has 0 radical (unpaired) electrons. The summed E-state index contributed by atoms with van der Waals surface area (Å²) in [6, 6.07) is 1.59. The number of fused-ring (bicyclic) bond motifs is 1. The average Bonchev–Trinajstić information content (AvgIpc) is 3.07. The summed E-state index contributed by atoms with van der Waals surface area (Å²) >= 11 is 0. The van der Waals surface area contributed by atoms with E-state index in [0.717, 1.165) is 31.0 Å². The number of amides is 1. The summed E-state index contributed by atoms with van der Waals surface area (Å²) < 4.78 is 1.75. The Bertz CT molecular complexity index is 730. The Balaban J connectivity index is 0.00000169. The molecule has 0 spiro atoms. The van der Waals surface area contributed by atoms with Gasteiger partial charge in [0.05, 0.1) is 6.04 Å². The molecule has 3 rings (SSSR count). The lowest BCUT2D eigenvalue weighted by Gasteiger charge is -2.37. The number of carbonyl (C=O) groups excluding carboxylic acids is 1. The van der Waals surface area contributed by atoms with Crippen LogP contribution in [-0.2, 0) is 4.79 Å². The van der Waals surface area contributed by atoms with Crippen LogP contribution in [0.1, 0.15) is 26.0 Å². The second-order valence-electron chi connectivity index (χ2n) is 6.45. The molecule has 2 aromatic rings. The van der Waals surface area contributed by atoms with Crippen molar-refractivity contribution in [1.29, 1.82) is 0 Å². The van der Waals surface area contributed by atoms with E-state index >= 15 is 0 Å². The monoisotopic (exact) mass is 403 g/mol. The molecule has 1 aliphatic rings. The Hall–Kier alpha value is -1.64. The minimum atomic E-state index is -0.410. The Morgan fingerprint density at radius 1 is 1.27 bits per heavy atom. The molecule has 3 heterocycles. The molecule has 0 aliphatic carbocycles. The number of rotatable bonds is 4. The number of aryl methyl sites for hydroxylation is 1. The third-order valence-electron chi connectivity index (χ3n) is 4.82. The predicted octanol–water partition coefficient (Wildman–Crippen LogP) is 1.30. The second kappa shape index (κ2) is 9.34. The highest BCUT2D eigenvalue weighted by atomic mass is 35.5. The molecule has 2 unspecified atom stereocenters. The van der Waals surface area contributed by atoms with E-state index < -0.39 is 6.04 Å². The Morgan fingerprint density at radius 2 is 1.92 bits per heavy atom. The van der Waals surface area contributed by atoms with Crippen molar-refractivity contribution in [3.63, 3.8) is 0 Å². The van der Waals surface area contributed by atoms with E-state index in [-0.39, 0.29) is 36.6 Å².